The van der Waals surface area contributed by atoms with Crippen LogP contribution in [0.15, 0.2) is 36.5 Å². The molecule has 2 heterocycles. The second-order valence-corrected chi connectivity index (χ2v) is 6.51. The molecule has 0 atom stereocenters. The number of hydrogen-bond donors (Lipinski definition) is 2. The van der Waals surface area contributed by atoms with Gasteiger partial charge in [0, 0.05) is 50.8 Å². The average molecular weight is 344 g/mol. The number of nitrogens with zero attached hydrogens (tertiary/aromatic N) is 2. The van der Waals surface area contributed by atoms with E-state index in [4.69, 9.17) is 9.47 Å². The molecule has 1 aliphatic heterocycles. The smallest absolute Gasteiger partial charge is 0.119 e. The van der Waals surface area contributed by atoms with E-state index in [1.807, 2.05) is 18.2 Å². The van der Waals surface area contributed by atoms with Crippen LogP contribution in [0, 0.1) is 0 Å². The van der Waals surface area contributed by atoms with Crippen molar-refractivity contribution in [2.75, 3.05) is 33.4 Å². The number of rotatable bonds is 9. The summed E-state index contributed by atoms with van der Waals surface area (Å²) in [5.41, 5.74) is 2.30. The van der Waals surface area contributed by atoms with Crippen LogP contribution in [0.4, 0.5) is 0 Å². The fourth-order valence-corrected chi connectivity index (χ4v) is 3.09. The summed E-state index contributed by atoms with van der Waals surface area (Å²) in [6.07, 6.45) is 4.00. The van der Waals surface area contributed by atoms with Crippen LogP contribution in [0.2, 0.25) is 0 Å². The minimum atomic E-state index is 0.621. The van der Waals surface area contributed by atoms with Gasteiger partial charge in [0.1, 0.15) is 12.4 Å². The summed E-state index contributed by atoms with van der Waals surface area (Å²) in [6.45, 7) is 4.98. The Morgan fingerprint density at radius 3 is 2.96 bits per heavy atom. The van der Waals surface area contributed by atoms with Gasteiger partial charge in [0.2, 0.25) is 0 Å². The maximum Gasteiger partial charge on any atom is 0.119 e. The molecule has 1 saturated heterocycles. The minimum Gasteiger partial charge on any atom is -0.492 e. The lowest BCUT2D eigenvalue weighted by molar-refractivity contribution is 0.0392. The molecule has 1 aromatic carbocycles. The van der Waals surface area contributed by atoms with E-state index in [0.29, 0.717) is 12.6 Å². The molecular weight excluding hydrogens is 316 g/mol. The predicted molar refractivity (Wildman–Crippen MR) is 97.5 cm³/mol. The number of likely N-dealkylation sites (N-methyl/N-ethyl adjacent to an activating group) is 1. The van der Waals surface area contributed by atoms with Gasteiger partial charge in [0.15, 0.2) is 0 Å². The van der Waals surface area contributed by atoms with E-state index in [9.17, 15) is 0 Å². The van der Waals surface area contributed by atoms with Crippen LogP contribution >= 0.6 is 0 Å². The molecule has 0 amide bonds. The lowest BCUT2D eigenvalue weighted by Crippen LogP contribution is -2.38. The Kier molecular flexibility index (Phi) is 6.85. The Bertz CT molecular complexity index is 612. The summed E-state index contributed by atoms with van der Waals surface area (Å²) >= 11 is 0. The van der Waals surface area contributed by atoms with E-state index in [0.717, 1.165) is 57.1 Å². The molecule has 3 rings (SSSR count). The number of aromatic nitrogens is 2. The average Bonchev–Trinajstić information content (AvgIpc) is 3.16. The zero-order chi connectivity index (χ0) is 17.3. The molecule has 6 heteroatoms. The fraction of sp³-hybridized carbons (Fsp3) is 0.526. The van der Waals surface area contributed by atoms with Gasteiger partial charge in [-0.25, -0.2) is 0 Å². The van der Waals surface area contributed by atoms with Crippen molar-refractivity contribution in [2.24, 2.45) is 0 Å². The highest BCUT2D eigenvalue weighted by molar-refractivity contribution is 5.28. The van der Waals surface area contributed by atoms with Gasteiger partial charge in [0.05, 0.1) is 0 Å². The van der Waals surface area contributed by atoms with Crippen molar-refractivity contribution in [3.05, 3.63) is 47.8 Å². The molecule has 0 spiro atoms. The molecule has 2 N–H and O–H groups in total. The molecular formula is C19H28N4O2. The third kappa shape index (κ3) is 5.85. The standard InChI is InChI=1S/C19H28N4O2/c1-23(18-6-10-24-11-7-18)9-12-25-19-4-2-3-16(13-19)14-20-15-17-5-8-21-22-17/h2-5,8,13,18,20H,6-7,9-12,14-15H2,1H3,(H,21,22). The van der Waals surface area contributed by atoms with Crippen LogP contribution in [0.1, 0.15) is 24.1 Å². The van der Waals surface area contributed by atoms with Crippen molar-refractivity contribution in [3.63, 3.8) is 0 Å². The van der Waals surface area contributed by atoms with E-state index in [2.05, 4.69) is 39.6 Å². The van der Waals surface area contributed by atoms with E-state index in [1.165, 1.54) is 5.56 Å². The van der Waals surface area contributed by atoms with Crippen LogP contribution in [0.3, 0.4) is 0 Å². The fourth-order valence-electron chi connectivity index (χ4n) is 3.09. The first kappa shape index (κ1) is 17.9. The van der Waals surface area contributed by atoms with Gasteiger partial charge < -0.3 is 14.8 Å². The van der Waals surface area contributed by atoms with Crippen molar-refractivity contribution < 1.29 is 9.47 Å². The van der Waals surface area contributed by atoms with E-state index >= 15 is 0 Å². The Morgan fingerprint density at radius 1 is 1.28 bits per heavy atom. The second kappa shape index (κ2) is 9.56. The normalized spacial score (nSPS) is 15.6. The first-order valence-corrected chi connectivity index (χ1v) is 9.00. The third-order valence-electron chi connectivity index (χ3n) is 4.63. The minimum absolute atomic E-state index is 0.621. The molecule has 0 radical (unpaired) electrons. The number of benzene rings is 1. The SMILES string of the molecule is CN(CCOc1cccc(CNCc2ccn[nH]2)c1)C1CCOCC1. The highest BCUT2D eigenvalue weighted by atomic mass is 16.5. The molecule has 0 unspecified atom stereocenters. The Morgan fingerprint density at radius 2 is 2.16 bits per heavy atom. The Labute approximate surface area is 149 Å². The number of ether oxygens (including phenoxy) is 2. The van der Waals surface area contributed by atoms with Gasteiger partial charge >= 0.3 is 0 Å². The predicted octanol–water partition coefficient (Wildman–Crippen LogP) is 2.19. The van der Waals surface area contributed by atoms with Crippen molar-refractivity contribution in [2.45, 2.75) is 32.0 Å². The van der Waals surface area contributed by atoms with Gasteiger partial charge in [-0.2, -0.15) is 5.10 Å². The monoisotopic (exact) mass is 344 g/mol. The third-order valence-corrected chi connectivity index (χ3v) is 4.63. The van der Waals surface area contributed by atoms with Gasteiger partial charge in [-0.15, -0.1) is 0 Å². The molecule has 136 valence electrons. The Balaban J connectivity index is 1.38. The highest BCUT2D eigenvalue weighted by Gasteiger charge is 2.17. The molecule has 0 bridgehead atoms. The quantitative estimate of drug-likeness (QED) is 0.730. The maximum atomic E-state index is 5.94. The van der Waals surface area contributed by atoms with Crippen LogP contribution < -0.4 is 10.1 Å². The summed E-state index contributed by atoms with van der Waals surface area (Å²) < 4.78 is 11.4. The summed E-state index contributed by atoms with van der Waals surface area (Å²) in [5, 5.41) is 10.3. The summed E-state index contributed by atoms with van der Waals surface area (Å²) in [5.74, 6) is 0.932. The number of aromatic amines is 1. The zero-order valence-electron chi connectivity index (χ0n) is 14.9. The van der Waals surface area contributed by atoms with Crippen LogP contribution in [0.5, 0.6) is 5.75 Å². The summed E-state index contributed by atoms with van der Waals surface area (Å²) in [7, 11) is 2.18. The summed E-state index contributed by atoms with van der Waals surface area (Å²) in [4.78, 5) is 2.39. The first-order valence-electron chi connectivity index (χ1n) is 9.00. The largest absolute Gasteiger partial charge is 0.492 e. The van der Waals surface area contributed by atoms with Crippen LogP contribution in [-0.4, -0.2) is 54.6 Å². The lowest BCUT2D eigenvalue weighted by Gasteiger charge is -2.31. The number of hydrogen-bond acceptors (Lipinski definition) is 5. The lowest BCUT2D eigenvalue weighted by atomic mass is 10.1. The first-order chi connectivity index (χ1) is 12.3. The molecule has 1 aromatic heterocycles. The second-order valence-electron chi connectivity index (χ2n) is 6.51. The van der Waals surface area contributed by atoms with Crippen molar-refractivity contribution in [1.82, 2.24) is 20.4 Å². The van der Waals surface area contributed by atoms with E-state index < -0.39 is 0 Å². The molecule has 1 fully saturated rings. The van der Waals surface area contributed by atoms with E-state index in [-0.39, 0.29) is 0 Å². The highest BCUT2D eigenvalue weighted by Crippen LogP contribution is 2.15. The van der Waals surface area contributed by atoms with Crippen molar-refractivity contribution in [3.8, 4) is 5.75 Å². The molecule has 0 aliphatic carbocycles. The maximum absolute atomic E-state index is 5.94. The van der Waals surface area contributed by atoms with Crippen LogP contribution in [-0.2, 0) is 17.8 Å². The van der Waals surface area contributed by atoms with Gasteiger partial charge in [-0.3, -0.25) is 10.00 Å². The van der Waals surface area contributed by atoms with E-state index in [1.54, 1.807) is 6.20 Å². The molecule has 25 heavy (non-hydrogen) atoms. The topological polar surface area (TPSA) is 62.4 Å². The number of nitrogens with one attached hydrogen (secondary N) is 2. The van der Waals surface area contributed by atoms with Crippen molar-refractivity contribution >= 4 is 0 Å². The molecule has 0 saturated carbocycles. The Hall–Kier alpha value is -1.89. The molecule has 2 aromatic rings. The molecule has 6 nitrogen and oxygen atoms in total. The van der Waals surface area contributed by atoms with Gasteiger partial charge in [-0.1, -0.05) is 12.1 Å². The van der Waals surface area contributed by atoms with Crippen molar-refractivity contribution in [1.29, 1.82) is 0 Å². The molecule has 1 aliphatic rings. The van der Waals surface area contributed by atoms with Gasteiger partial charge in [0.25, 0.3) is 0 Å². The van der Waals surface area contributed by atoms with Crippen LogP contribution in [0.25, 0.3) is 0 Å². The number of H-pyrrole nitrogens is 1. The summed E-state index contributed by atoms with van der Waals surface area (Å²) in [6, 6.07) is 10.9. The van der Waals surface area contributed by atoms with Gasteiger partial charge in [-0.05, 0) is 43.7 Å². The zero-order valence-corrected chi connectivity index (χ0v) is 14.9.